The highest BCUT2D eigenvalue weighted by molar-refractivity contribution is 7.89. The molecule has 0 fully saturated rings. The summed E-state index contributed by atoms with van der Waals surface area (Å²) >= 11 is 0. The summed E-state index contributed by atoms with van der Waals surface area (Å²) in [6.45, 7) is 4.23. The third-order valence-electron chi connectivity index (χ3n) is 6.52. The zero-order valence-corrected chi connectivity index (χ0v) is 24.2. The van der Waals surface area contributed by atoms with Crippen LogP contribution in [0.5, 0.6) is 11.5 Å². The molecule has 0 saturated carbocycles. The Morgan fingerprint density at radius 2 is 1.55 bits per heavy atom. The highest BCUT2D eigenvalue weighted by atomic mass is 32.2. The zero-order valence-electron chi connectivity index (χ0n) is 23.3. The summed E-state index contributed by atoms with van der Waals surface area (Å²) in [6.07, 6.45) is 0.550. The Hall–Kier alpha value is -3.89. The quantitative estimate of drug-likeness (QED) is 0.307. The number of carbonyl (C=O) groups excluding carboxylic acids is 2. The van der Waals surface area contributed by atoms with E-state index in [0.717, 1.165) is 16.7 Å². The smallest absolute Gasteiger partial charge is 0.242 e. The standard InChI is InChI=1S/C30H37N3O6S/c1-5-32-40(36,37)27-17-12-23(13-18-27)14-19-29(34)33(21-24-10-15-26(38-3)16-11-24)22(2)30(35)31-20-25-8-6-7-9-28(25)39-4/h6-13,15-18,22,32H,5,14,19-21H2,1-4H3,(H,31,35)/t22-/m1/s1. The van der Waals surface area contributed by atoms with Crippen LogP contribution in [-0.4, -0.2) is 51.9 Å². The maximum Gasteiger partial charge on any atom is 0.242 e. The van der Waals surface area contributed by atoms with Gasteiger partial charge < -0.3 is 19.7 Å². The lowest BCUT2D eigenvalue weighted by Gasteiger charge is -2.29. The van der Waals surface area contributed by atoms with E-state index >= 15 is 0 Å². The lowest BCUT2D eigenvalue weighted by molar-refractivity contribution is -0.140. The number of nitrogens with zero attached hydrogens (tertiary/aromatic N) is 1. The van der Waals surface area contributed by atoms with Crippen LogP contribution in [0.2, 0.25) is 0 Å². The summed E-state index contributed by atoms with van der Waals surface area (Å²) in [4.78, 5) is 28.4. The van der Waals surface area contributed by atoms with E-state index < -0.39 is 16.1 Å². The summed E-state index contributed by atoms with van der Waals surface area (Å²) in [7, 11) is -0.388. The number of hydrogen-bond donors (Lipinski definition) is 2. The number of hydrogen-bond acceptors (Lipinski definition) is 6. The van der Waals surface area contributed by atoms with Gasteiger partial charge in [0.15, 0.2) is 0 Å². The van der Waals surface area contributed by atoms with E-state index in [9.17, 15) is 18.0 Å². The van der Waals surface area contributed by atoms with Crippen LogP contribution in [0.1, 0.15) is 37.0 Å². The number of nitrogens with one attached hydrogen (secondary N) is 2. The molecule has 0 aliphatic heterocycles. The van der Waals surface area contributed by atoms with Crippen LogP contribution in [0.3, 0.4) is 0 Å². The largest absolute Gasteiger partial charge is 0.497 e. The minimum absolute atomic E-state index is 0.152. The predicted octanol–water partition coefficient (Wildman–Crippen LogP) is 3.67. The summed E-state index contributed by atoms with van der Waals surface area (Å²) < 4.78 is 37.5. The second kappa shape index (κ2) is 14.5. The monoisotopic (exact) mass is 567 g/mol. The number of sulfonamides is 1. The fourth-order valence-corrected chi connectivity index (χ4v) is 5.23. The van der Waals surface area contributed by atoms with Crippen LogP contribution in [0, 0.1) is 0 Å². The van der Waals surface area contributed by atoms with Crippen LogP contribution in [-0.2, 0) is 39.1 Å². The second-order valence-electron chi connectivity index (χ2n) is 9.22. The third kappa shape index (κ3) is 8.30. The third-order valence-corrected chi connectivity index (χ3v) is 8.08. The predicted molar refractivity (Wildman–Crippen MR) is 153 cm³/mol. The van der Waals surface area contributed by atoms with Crippen molar-refractivity contribution < 1.29 is 27.5 Å². The molecule has 0 aromatic heterocycles. The van der Waals surface area contributed by atoms with Gasteiger partial charge in [-0.3, -0.25) is 9.59 Å². The molecule has 214 valence electrons. The van der Waals surface area contributed by atoms with E-state index in [2.05, 4.69) is 10.0 Å². The van der Waals surface area contributed by atoms with E-state index in [1.165, 1.54) is 12.1 Å². The fourth-order valence-electron chi connectivity index (χ4n) is 4.19. The van der Waals surface area contributed by atoms with Crippen molar-refractivity contribution in [3.63, 3.8) is 0 Å². The van der Waals surface area contributed by atoms with Gasteiger partial charge in [-0.25, -0.2) is 13.1 Å². The molecule has 1 atom stereocenters. The highest BCUT2D eigenvalue weighted by Gasteiger charge is 2.26. The molecule has 0 aliphatic rings. The Morgan fingerprint density at radius 1 is 0.900 bits per heavy atom. The second-order valence-corrected chi connectivity index (χ2v) is 11.0. The number of ether oxygens (including phenoxy) is 2. The highest BCUT2D eigenvalue weighted by Crippen LogP contribution is 2.19. The Bertz CT molecular complexity index is 1380. The average Bonchev–Trinajstić information content (AvgIpc) is 2.97. The van der Waals surface area contributed by atoms with Crippen LogP contribution in [0.15, 0.2) is 77.7 Å². The lowest BCUT2D eigenvalue weighted by Crippen LogP contribution is -2.47. The molecule has 0 spiro atoms. The number of amides is 2. The minimum atomic E-state index is -3.55. The van der Waals surface area contributed by atoms with Crippen LogP contribution in [0.4, 0.5) is 0 Å². The van der Waals surface area contributed by atoms with Crippen molar-refractivity contribution in [3.05, 3.63) is 89.5 Å². The molecule has 40 heavy (non-hydrogen) atoms. The molecule has 10 heteroatoms. The number of aryl methyl sites for hydroxylation is 1. The van der Waals surface area contributed by atoms with Gasteiger partial charge in [-0.15, -0.1) is 0 Å². The number of rotatable bonds is 14. The molecule has 9 nitrogen and oxygen atoms in total. The van der Waals surface area contributed by atoms with Gasteiger partial charge in [-0.05, 0) is 54.8 Å². The Labute approximate surface area is 236 Å². The summed E-state index contributed by atoms with van der Waals surface area (Å²) in [5.74, 6) is 0.889. The molecule has 0 heterocycles. The SMILES string of the molecule is CCNS(=O)(=O)c1ccc(CCC(=O)N(Cc2ccc(OC)cc2)[C@H](C)C(=O)NCc2ccccc2OC)cc1. The Morgan fingerprint density at radius 3 is 2.17 bits per heavy atom. The van der Waals surface area contributed by atoms with Gasteiger partial charge in [0, 0.05) is 31.6 Å². The molecule has 0 aliphatic carbocycles. The van der Waals surface area contributed by atoms with Gasteiger partial charge in [0.05, 0.1) is 19.1 Å². The molecule has 3 rings (SSSR count). The lowest BCUT2D eigenvalue weighted by atomic mass is 10.1. The first-order chi connectivity index (χ1) is 19.2. The number of para-hydroxylation sites is 1. The van der Waals surface area contributed by atoms with Crippen molar-refractivity contribution in [1.82, 2.24) is 14.9 Å². The molecule has 3 aromatic rings. The van der Waals surface area contributed by atoms with Gasteiger partial charge in [0.2, 0.25) is 21.8 Å². The van der Waals surface area contributed by atoms with E-state index in [1.54, 1.807) is 45.1 Å². The average molecular weight is 568 g/mol. The summed E-state index contributed by atoms with van der Waals surface area (Å²) in [6, 6.07) is 20.5. The van der Waals surface area contributed by atoms with E-state index in [0.29, 0.717) is 24.5 Å². The molecule has 0 radical (unpaired) electrons. The topological polar surface area (TPSA) is 114 Å². The molecule has 2 N–H and O–H groups in total. The van der Waals surface area contributed by atoms with Crippen LogP contribution in [0.25, 0.3) is 0 Å². The maximum atomic E-state index is 13.5. The van der Waals surface area contributed by atoms with Gasteiger partial charge >= 0.3 is 0 Å². The van der Waals surface area contributed by atoms with E-state index in [1.807, 2.05) is 48.5 Å². The first kappa shape index (κ1) is 30.6. The van der Waals surface area contributed by atoms with E-state index in [-0.39, 0.29) is 36.2 Å². The minimum Gasteiger partial charge on any atom is -0.497 e. The number of carbonyl (C=O) groups is 2. The number of benzene rings is 3. The maximum absolute atomic E-state index is 13.5. The summed E-state index contributed by atoms with van der Waals surface area (Å²) in [5, 5.41) is 2.92. The molecule has 0 saturated heterocycles. The Kier molecular flexibility index (Phi) is 11.1. The Balaban J connectivity index is 1.72. The van der Waals surface area contributed by atoms with Crippen LogP contribution < -0.4 is 19.5 Å². The van der Waals surface area contributed by atoms with Gasteiger partial charge in [0.1, 0.15) is 17.5 Å². The van der Waals surface area contributed by atoms with Gasteiger partial charge in [0.25, 0.3) is 0 Å². The molecule has 3 aromatic carbocycles. The van der Waals surface area contributed by atoms with Crippen molar-refractivity contribution in [2.24, 2.45) is 0 Å². The normalized spacial score (nSPS) is 11.9. The summed E-state index contributed by atoms with van der Waals surface area (Å²) in [5.41, 5.74) is 2.51. The van der Waals surface area contributed by atoms with Crippen LogP contribution >= 0.6 is 0 Å². The zero-order chi connectivity index (χ0) is 29.1. The first-order valence-corrected chi connectivity index (χ1v) is 14.6. The fraction of sp³-hybridized carbons (Fsp3) is 0.333. The number of methoxy groups -OCH3 is 2. The molecule has 0 bridgehead atoms. The molecular weight excluding hydrogens is 530 g/mol. The molecular formula is C30H37N3O6S. The van der Waals surface area contributed by atoms with Crippen molar-refractivity contribution in [1.29, 1.82) is 0 Å². The van der Waals surface area contributed by atoms with Gasteiger partial charge in [-0.1, -0.05) is 49.4 Å². The van der Waals surface area contributed by atoms with Crippen molar-refractivity contribution in [2.45, 2.75) is 50.7 Å². The molecule has 2 amide bonds. The van der Waals surface area contributed by atoms with Crippen molar-refractivity contribution >= 4 is 21.8 Å². The first-order valence-electron chi connectivity index (χ1n) is 13.1. The van der Waals surface area contributed by atoms with Crippen molar-refractivity contribution in [3.8, 4) is 11.5 Å². The van der Waals surface area contributed by atoms with E-state index in [4.69, 9.17) is 9.47 Å². The van der Waals surface area contributed by atoms with Gasteiger partial charge in [-0.2, -0.15) is 0 Å². The molecule has 0 unspecified atom stereocenters. The van der Waals surface area contributed by atoms with Crippen molar-refractivity contribution in [2.75, 3.05) is 20.8 Å².